The van der Waals surface area contributed by atoms with Crippen LogP contribution in [0.3, 0.4) is 0 Å². The number of hydrogen-bond donors (Lipinski definition) is 1. The van der Waals surface area contributed by atoms with Crippen LogP contribution in [0.2, 0.25) is 0 Å². The maximum absolute atomic E-state index is 11.8. The number of benzene rings is 1. The third-order valence-corrected chi connectivity index (χ3v) is 3.96. The first-order chi connectivity index (χ1) is 9.76. The molecule has 1 aromatic rings. The highest BCUT2D eigenvalue weighted by atomic mass is 16.2. The Morgan fingerprint density at radius 1 is 1.24 bits per heavy atom. The first-order valence-electron chi connectivity index (χ1n) is 7.60. The third kappa shape index (κ3) is 4.21. The van der Waals surface area contributed by atoms with Gasteiger partial charge in [0.1, 0.15) is 0 Å². The Kier molecular flexibility index (Phi) is 4.57. The SMILES string of the molecule is Cc1cc(N2CCN(C)C(=O)C2)ccc1CNC(C)(C)C. The van der Waals surface area contributed by atoms with Crippen molar-refractivity contribution in [2.75, 3.05) is 31.6 Å². The molecule has 1 aromatic carbocycles. The lowest BCUT2D eigenvalue weighted by Crippen LogP contribution is -2.48. The van der Waals surface area contributed by atoms with Crippen molar-refractivity contribution >= 4 is 11.6 Å². The van der Waals surface area contributed by atoms with Crippen LogP contribution in [-0.2, 0) is 11.3 Å². The van der Waals surface area contributed by atoms with Gasteiger partial charge in [-0.25, -0.2) is 0 Å². The summed E-state index contributed by atoms with van der Waals surface area (Å²) in [5.74, 6) is 0.192. The Hall–Kier alpha value is -1.55. The molecule has 0 radical (unpaired) electrons. The zero-order valence-electron chi connectivity index (χ0n) is 13.9. The number of carbonyl (C=O) groups excluding carboxylic acids is 1. The summed E-state index contributed by atoms with van der Waals surface area (Å²) in [6.45, 7) is 11.7. The fraction of sp³-hybridized carbons (Fsp3) is 0.588. The molecule has 0 atom stereocenters. The van der Waals surface area contributed by atoms with Crippen molar-refractivity contribution in [2.45, 2.75) is 39.8 Å². The summed E-state index contributed by atoms with van der Waals surface area (Å²) in [7, 11) is 1.87. The second-order valence-corrected chi connectivity index (χ2v) is 6.95. The van der Waals surface area contributed by atoms with E-state index in [1.165, 1.54) is 11.1 Å². The van der Waals surface area contributed by atoms with Gasteiger partial charge in [0.15, 0.2) is 0 Å². The van der Waals surface area contributed by atoms with Crippen molar-refractivity contribution in [3.8, 4) is 0 Å². The molecule has 0 unspecified atom stereocenters. The maximum atomic E-state index is 11.8. The molecule has 4 nitrogen and oxygen atoms in total. The van der Waals surface area contributed by atoms with Gasteiger partial charge in [-0.15, -0.1) is 0 Å². The van der Waals surface area contributed by atoms with Crippen molar-refractivity contribution in [3.63, 3.8) is 0 Å². The smallest absolute Gasteiger partial charge is 0.241 e. The molecule has 0 spiro atoms. The number of nitrogens with zero attached hydrogens (tertiary/aromatic N) is 2. The standard InChI is InChI=1S/C17H27N3O/c1-13-10-15(20-9-8-19(5)16(21)12-20)7-6-14(13)11-18-17(2,3)4/h6-7,10,18H,8-9,11-12H2,1-5H3. The van der Waals surface area contributed by atoms with E-state index in [-0.39, 0.29) is 11.4 Å². The van der Waals surface area contributed by atoms with Crippen LogP contribution in [0.25, 0.3) is 0 Å². The van der Waals surface area contributed by atoms with Crippen molar-refractivity contribution in [1.29, 1.82) is 0 Å². The van der Waals surface area contributed by atoms with E-state index in [0.717, 1.165) is 25.3 Å². The lowest BCUT2D eigenvalue weighted by Gasteiger charge is -2.34. The summed E-state index contributed by atoms with van der Waals surface area (Å²) < 4.78 is 0. The van der Waals surface area contributed by atoms with E-state index in [1.54, 1.807) is 4.90 Å². The second kappa shape index (κ2) is 6.06. The quantitative estimate of drug-likeness (QED) is 0.926. The van der Waals surface area contributed by atoms with Crippen molar-refractivity contribution in [3.05, 3.63) is 29.3 Å². The van der Waals surface area contributed by atoms with Crippen LogP contribution in [0.5, 0.6) is 0 Å². The number of carbonyl (C=O) groups is 1. The molecule has 116 valence electrons. The number of aryl methyl sites for hydroxylation is 1. The average Bonchev–Trinajstić information content (AvgIpc) is 2.39. The van der Waals surface area contributed by atoms with Crippen LogP contribution in [-0.4, -0.2) is 43.0 Å². The Balaban J connectivity index is 2.07. The summed E-state index contributed by atoms with van der Waals surface area (Å²) >= 11 is 0. The van der Waals surface area contributed by atoms with Gasteiger partial charge in [-0.2, -0.15) is 0 Å². The molecular formula is C17H27N3O. The molecule has 21 heavy (non-hydrogen) atoms. The Bertz CT molecular complexity index is 519. The van der Waals surface area contributed by atoms with E-state index < -0.39 is 0 Å². The zero-order valence-corrected chi connectivity index (χ0v) is 13.9. The highest BCUT2D eigenvalue weighted by Gasteiger charge is 2.21. The molecule has 4 heteroatoms. The number of rotatable bonds is 3. The second-order valence-electron chi connectivity index (χ2n) is 6.95. The van der Waals surface area contributed by atoms with E-state index in [1.807, 2.05) is 7.05 Å². The monoisotopic (exact) mass is 289 g/mol. The van der Waals surface area contributed by atoms with Crippen LogP contribution in [0.15, 0.2) is 18.2 Å². The minimum Gasteiger partial charge on any atom is -0.360 e. The number of anilines is 1. The van der Waals surface area contributed by atoms with Crippen molar-refractivity contribution in [2.24, 2.45) is 0 Å². The van der Waals surface area contributed by atoms with Gasteiger partial charge < -0.3 is 15.1 Å². The van der Waals surface area contributed by atoms with E-state index >= 15 is 0 Å². The van der Waals surface area contributed by atoms with Gasteiger partial charge in [-0.05, 0) is 51.0 Å². The summed E-state index contributed by atoms with van der Waals surface area (Å²) in [6.07, 6.45) is 0. The zero-order chi connectivity index (χ0) is 15.6. The van der Waals surface area contributed by atoms with Crippen LogP contribution in [0.4, 0.5) is 5.69 Å². The van der Waals surface area contributed by atoms with Crippen LogP contribution >= 0.6 is 0 Å². The molecule has 1 N–H and O–H groups in total. The fourth-order valence-electron chi connectivity index (χ4n) is 2.41. The van der Waals surface area contributed by atoms with E-state index in [0.29, 0.717) is 6.54 Å². The fourth-order valence-corrected chi connectivity index (χ4v) is 2.41. The van der Waals surface area contributed by atoms with Crippen LogP contribution in [0, 0.1) is 6.92 Å². The summed E-state index contributed by atoms with van der Waals surface area (Å²) in [5.41, 5.74) is 3.85. The van der Waals surface area contributed by atoms with Gasteiger partial charge in [0.2, 0.25) is 5.91 Å². The first-order valence-corrected chi connectivity index (χ1v) is 7.60. The van der Waals surface area contributed by atoms with Gasteiger partial charge in [0.05, 0.1) is 6.54 Å². The minimum absolute atomic E-state index is 0.120. The number of likely N-dealkylation sites (N-methyl/N-ethyl adjacent to an activating group) is 1. The lowest BCUT2D eigenvalue weighted by molar-refractivity contribution is -0.129. The van der Waals surface area contributed by atoms with Gasteiger partial charge in [0.25, 0.3) is 0 Å². The van der Waals surface area contributed by atoms with Gasteiger partial charge >= 0.3 is 0 Å². The molecule has 1 saturated heterocycles. The number of piperazine rings is 1. The van der Waals surface area contributed by atoms with Gasteiger partial charge in [0, 0.05) is 37.9 Å². The normalized spacial score (nSPS) is 16.5. The average molecular weight is 289 g/mol. The minimum atomic E-state index is 0.120. The highest BCUT2D eigenvalue weighted by molar-refractivity contribution is 5.82. The molecule has 0 bridgehead atoms. The Morgan fingerprint density at radius 2 is 1.95 bits per heavy atom. The first kappa shape index (κ1) is 15.8. The number of hydrogen-bond acceptors (Lipinski definition) is 3. The number of nitrogens with one attached hydrogen (secondary N) is 1. The summed E-state index contributed by atoms with van der Waals surface area (Å²) in [4.78, 5) is 15.8. The third-order valence-electron chi connectivity index (χ3n) is 3.96. The topological polar surface area (TPSA) is 35.6 Å². The molecule has 2 rings (SSSR count). The summed E-state index contributed by atoms with van der Waals surface area (Å²) in [6, 6.07) is 6.50. The molecule has 1 aliphatic rings. The number of amides is 1. The predicted molar refractivity (Wildman–Crippen MR) is 87.6 cm³/mol. The molecule has 1 fully saturated rings. The molecule has 1 heterocycles. The summed E-state index contributed by atoms with van der Waals surface area (Å²) in [5, 5.41) is 3.52. The largest absolute Gasteiger partial charge is 0.360 e. The van der Waals surface area contributed by atoms with E-state index in [2.05, 4.69) is 56.1 Å². The van der Waals surface area contributed by atoms with E-state index in [4.69, 9.17) is 0 Å². The predicted octanol–water partition coefficient (Wildman–Crippen LogP) is 2.16. The molecule has 0 saturated carbocycles. The van der Waals surface area contributed by atoms with Crippen molar-refractivity contribution in [1.82, 2.24) is 10.2 Å². The van der Waals surface area contributed by atoms with Crippen LogP contribution < -0.4 is 10.2 Å². The van der Waals surface area contributed by atoms with Crippen molar-refractivity contribution < 1.29 is 4.79 Å². The molecule has 0 aromatic heterocycles. The highest BCUT2D eigenvalue weighted by Crippen LogP contribution is 2.21. The van der Waals surface area contributed by atoms with E-state index in [9.17, 15) is 4.79 Å². The Morgan fingerprint density at radius 3 is 2.52 bits per heavy atom. The van der Waals surface area contributed by atoms with Gasteiger partial charge in [-0.1, -0.05) is 6.07 Å². The molecular weight excluding hydrogens is 262 g/mol. The Labute approximate surface area is 128 Å². The maximum Gasteiger partial charge on any atom is 0.241 e. The molecule has 0 aliphatic carbocycles. The van der Waals surface area contributed by atoms with Gasteiger partial charge in [-0.3, -0.25) is 4.79 Å². The molecule has 1 amide bonds. The molecule has 1 aliphatic heterocycles. The lowest BCUT2D eigenvalue weighted by atomic mass is 10.0. The van der Waals surface area contributed by atoms with Crippen LogP contribution in [0.1, 0.15) is 31.9 Å².